The summed E-state index contributed by atoms with van der Waals surface area (Å²) in [7, 11) is 0. The molecule has 152 valence electrons. The molecule has 8 heteroatoms. The van der Waals surface area contributed by atoms with E-state index in [2.05, 4.69) is 61.2 Å². The Morgan fingerprint density at radius 3 is 2.55 bits per heavy atom. The maximum atomic E-state index is 10.1. The van der Waals surface area contributed by atoms with Crippen LogP contribution < -0.4 is 9.80 Å². The number of rotatable bonds is 5. The lowest BCUT2D eigenvalue weighted by molar-refractivity contribution is 0.0734. The van der Waals surface area contributed by atoms with Gasteiger partial charge in [0.25, 0.3) is 0 Å². The minimum Gasteiger partial charge on any atom is -0.384 e. The molecule has 0 unspecified atom stereocenters. The van der Waals surface area contributed by atoms with Crippen LogP contribution in [0.1, 0.15) is 37.0 Å². The highest BCUT2D eigenvalue weighted by Gasteiger charge is 2.27. The third kappa shape index (κ3) is 4.54. The van der Waals surface area contributed by atoms with Crippen LogP contribution in [0.2, 0.25) is 0 Å². The van der Waals surface area contributed by atoms with Crippen molar-refractivity contribution in [3.05, 3.63) is 59.0 Å². The smallest absolute Gasteiger partial charge is 0.208 e. The zero-order valence-corrected chi connectivity index (χ0v) is 17.8. The van der Waals surface area contributed by atoms with E-state index in [-0.39, 0.29) is 6.04 Å². The standard InChI is InChI=1S/C21H26N6OS/c1-15-14-26(20-25-24-19(29-20)11-16-7-5-4-6-8-16)9-10-27(15)18-13-22-17(12-23-18)21(2,3)28/h4-8,12-13,15,28H,9-11,14H2,1-3H3/t15-/m1/s1. The van der Waals surface area contributed by atoms with Crippen LogP contribution >= 0.6 is 11.3 Å². The van der Waals surface area contributed by atoms with Gasteiger partial charge in [0.2, 0.25) is 5.13 Å². The zero-order valence-electron chi connectivity index (χ0n) is 17.0. The first-order valence-corrected chi connectivity index (χ1v) is 10.6. The molecule has 1 aliphatic rings. The predicted molar refractivity (Wildman–Crippen MR) is 115 cm³/mol. The van der Waals surface area contributed by atoms with Crippen LogP contribution in [0, 0.1) is 0 Å². The van der Waals surface area contributed by atoms with Gasteiger partial charge in [-0.2, -0.15) is 0 Å². The molecule has 1 aromatic carbocycles. The van der Waals surface area contributed by atoms with E-state index in [1.807, 2.05) is 6.07 Å². The molecule has 4 rings (SSSR count). The van der Waals surface area contributed by atoms with Gasteiger partial charge in [-0.25, -0.2) is 4.98 Å². The second-order valence-electron chi connectivity index (χ2n) is 7.95. The topological polar surface area (TPSA) is 78.3 Å². The van der Waals surface area contributed by atoms with E-state index in [0.29, 0.717) is 5.69 Å². The Balaban J connectivity index is 1.40. The number of anilines is 2. The molecule has 1 atom stereocenters. The molecule has 0 spiro atoms. The van der Waals surface area contributed by atoms with Crippen molar-refractivity contribution >= 4 is 22.3 Å². The highest BCUT2D eigenvalue weighted by atomic mass is 32.1. The number of hydrogen-bond acceptors (Lipinski definition) is 8. The fourth-order valence-corrected chi connectivity index (χ4v) is 4.38. The monoisotopic (exact) mass is 410 g/mol. The molecule has 2 aromatic heterocycles. The molecule has 3 aromatic rings. The molecule has 0 amide bonds. The fourth-order valence-electron chi connectivity index (χ4n) is 3.47. The molecule has 1 N–H and O–H groups in total. The van der Waals surface area contributed by atoms with Gasteiger partial charge < -0.3 is 14.9 Å². The fraction of sp³-hybridized carbons (Fsp3) is 0.429. The molecule has 1 saturated heterocycles. The van der Waals surface area contributed by atoms with Gasteiger partial charge in [0.05, 0.1) is 18.1 Å². The lowest BCUT2D eigenvalue weighted by Crippen LogP contribution is -2.52. The highest BCUT2D eigenvalue weighted by Crippen LogP contribution is 2.27. The molecular weight excluding hydrogens is 384 g/mol. The van der Waals surface area contributed by atoms with Crippen molar-refractivity contribution in [1.29, 1.82) is 0 Å². The van der Waals surface area contributed by atoms with Gasteiger partial charge in [-0.3, -0.25) is 4.98 Å². The summed E-state index contributed by atoms with van der Waals surface area (Å²) in [5.74, 6) is 0.840. The van der Waals surface area contributed by atoms with E-state index in [1.165, 1.54) is 5.56 Å². The normalized spacial score (nSPS) is 17.6. The summed E-state index contributed by atoms with van der Waals surface area (Å²) in [4.78, 5) is 13.5. The summed E-state index contributed by atoms with van der Waals surface area (Å²) in [6, 6.07) is 10.6. The van der Waals surface area contributed by atoms with Crippen molar-refractivity contribution in [3.8, 4) is 0 Å². The Bertz CT molecular complexity index is 938. The van der Waals surface area contributed by atoms with Crippen LogP contribution in [-0.4, -0.2) is 50.9 Å². The molecule has 0 bridgehead atoms. The Hall–Kier alpha value is -2.58. The minimum absolute atomic E-state index is 0.271. The van der Waals surface area contributed by atoms with Gasteiger partial charge in [-0.15, -0.1) is 10.2 Å². The van der Waals surface area contributed by atoms with Gasteiger partial charge >= 0.3 is 0 Å². The molecule has 29 heavy (non-hydrogen) atoms. The van der Waals surface area contributed by atoms with E-state index in [0.717, 1.165) is 42.0 Å². The summed E-state index contributed by atoms with van der Waals surface area (Å²) in [6.07, 6.45) is 4.23. The van der Waals surface area contributed by atoms with Crippen LogP contribution in [0.15, 0.2) is 42.7 Å². The molecule has 1 aliphatic heterocycles. The molecule has 3 heterocycles. The van der Waals surface area contributed by atoms with Crippen LogP contribution in [0.3, 0.4) is 0 Å². The van der Waals surface area contributed by atoms with Gasteiger partial charge in [-0.1, -0.05) is 41.7 Å². The first kappa shape index (κ1) is 19.7. The van der Waals surface area contributed by atoms with Crippen LogP contribution in [0.5, 0.6) is 0 Å². The van der Waals surface area contributed by atoms with Crippen LogP contribution in [0.4, 0.5) is 10.9 Å². The van der Waals surface area contributed by atoms with Crippen LogP contribution in [0.25, 0.3) is 0 Å². The van der Waals surface area contributed by atoms with E-state index >= 15 is 0 Å². The summed E-state index contributed by atoms with van der Waals surface area (Å²) >= 11 is 1.67. The summed E-state index contributed by atoms with van der Waals surface area (Å²) in [5.41, 5.74) is 0.847. The number of aliphatic hydroxyl groups is 1. The van der Waals surface area contributed by atoms with Gasteiger partial charge in [0.1, 0.15) is 16.4 Å². The summed E-state index contributed by atoms with van der Waals surface area (Å²) in [6.45, 7) is 8.17. The average molecular weight is 411 g/mol. The maximum absolute atomic E-state index is 10.1. The molecule has 0 saturated carbocycles. The predicted octanol–water partition coefficient (Wildman–Crippen LogP) is 2.86. The van der Waals surface area contributed by atoms with E-state index in [9.17, 15) is 5.11 Å². The Morgan fingerprint density at radius 1 is 1.10 bits per heavy atom. The first-order valence-electron chi connectivity index (χ1n) is 9.83. The second kappa shape index (κ2) is 8.04. The molecule has 0 radical (unpaired) electrons. The van der Waals surface area contributed by atoms with Crippen molar-refractivity contribution in [2.45, 2.75) is 38.8 Å². The second-order valence-corrected chi connectivity index (χ2v) is 8.99. The molecular formula is C21H26N6OS. The number of aromatic nitrogens is 4. The zero-order chi connectivity index (χ0) is 20.4. The average Bonchev–Trinajstić information content (AvgIpc) is 3.17. The quantitative estimate of drug-likeness (QED) is 0.693. The largest absolute Gasteiger partial charge is 0.384 e. The van der Waals surface area contributed by atoms with Crippen molar-refractivity contribution in [3.63, 3.8) is 0 Å². The van der Waals surface area contributed by atoms with Crippen LogP contribution in [-0.2, 0) is 12.0 Å². The summed E-state index contributed by atoms with van der Waals surface area (Å²) < 4.78 is 0. The van der Waals surface area contributed by atoms with Crippen molar-refractivity contribution < 1.29 is 5.11 Å². The minimum atomic E-state index is -0.981. The first-order chi connectivity index (χ1) is 13.9. The van der Waals surface area contributed by atoms with E-state index < -0.39 is 5.60 Å². The van der Waals surface area contributed by atoms with Crippen molar-refractivity contribution in [2.24, 2.45) is 0 Å². The number of benzene rings is 1. The lowest BCUT2D eigenvalue weighted by Gasteiger charge is -2.40. The van der Waals surface area contributed by atoms with Gasteiger partial charge in [0.15, 0.2) is 0 Å². The summed E-state index contributed by atoms with van der Waals surface area (Å²) in [5, 5.41) is 20.9. The number of piperazine rings is 1. The Morgan fingerprint density at radius 2 is 1.90 bits per heavy atom. The Kier molecular flexibility index (Phi) is 5.47. The molecule has 0 aliphatic carbocycles. The van der Waals surface area contributed by atoms with E-state index in [1.54, 1.807) is 37.6 Å². The van der Waals surface area contributed by atoms with E-state index in [4.69, 9.17) is 0 Å². The number of nitrogens with zero attached hydrogens (tertiary/aromatic N) is 6. The molecule has 1 fully saturated rings. The van der Waals surface area contributed by atoms with Gasteiger partial charge in [-0.05, 0) is 26.3 Å². The van der Waals surface area contributed by atoms with Gasteiger partial charge in [0, 0.05) is 32.1 Å². The third-order valence-electron chi connectivity index (χ3n) is 5.11. The number of hydrogen-bond donors (Lipinski definition) is 1. The molecule has 7 nitrogen and oxygen atoms in total. The third-order valence-corrected chi connectivity index (χ3v) is 6.10. The van der Waals surface area contributed by atoms with Crippen molar-refractivity contribution in [2.75, 3.05) is 29.4 Å². The SMILES string of the molecule is C[C@@H]1CN(c2nnc(Cc3ccccc3)s2)CCN1c1cnc(C(C)(C)O)cn1. The highest BCUT2D eigenvalue weighted by molar-refractivity contribution is 7.15. The Labute approximate surface area is 175 Å². The van der Waals surface area contributed by atoms with Crippen molar-refractivity contribution in [1.82, 2.24) is 20.2 Å². The maximum Gasteiger partial charge on any atom is 0.208 e. The lowest BCUT2D eigenvalue weighted by atomic mass is 10.1.